The Kier molecular flexibility index (Phi) is 8.06. The van der Waals surface area contributed by atoms with Gasteiger partial charge in [-0.2, -0.15) is 4.31 Å². The van der Waals surface area contributed by atoms with Gasteiger partial charge in [-0.3, -0.25) is 9.78 Å². The van der Waals surface area contributed by atoms with Crippen molar-refractivity contribution in [3.63, 3.8) is 0 Å². The van der Waals surface area contributed by atoms with E-state index in [1.54, 1.807) is 45.5 Å². The molecule has 208 valence electrons. The Labute approximate surface area is 230 Å². The van der Waals surface area contributed by atoms with Gasteiger partial charge in [-0.15, -0.1) is 0 Å². The quantitative estimate of drug-likeness (QED) is 0.419. The highest BCUT2D eigenvalue weighted by Gasteiger charge is 2.38. The molecule has 1 fully saturated rings. The van der Waals surface area contributed by atoms with Crippen molar-refractivity contribution in [1.82, 2.24) is 18.8 Å². The van der Waals surface area contributed by atoms with Crippen LogP contribution in [0.2, 0.25) is 0 Å². The van der Waals surface area contributed by atoms with Crippen LogP contribution in [-0.2, 0) is 26.1 Å². The number of benzene rings is 1. The molecule has 0 bridgehead atoms. The summed E-state index contributed by atoms with van der Waals surface area (Å²) in [5, 5.41) is 0. The molecule has 0 aliphatic carbocycles. The van der Waals surface area contributed by atoms with Crippen molar-refractivity contribution in [1.29, 1.82) is 0 Å². The van der Waals surface area contributed by atoms with Crippen LogP contribution in [0.1, 0.15) is 53.7 Å². The van der Waals surface area contributed by atoms with E-state index >= 15 is 0 Å². The van der Waals surface area contributed by atoms with Crippen molar-refractivity contribution in [3.05, 3.63) is 77.4 Å². The number of methoxy groups -OCH3 is 1. The lowest BCUT2D eigenvalue weighted by molar-refractivity contribution is -0.140. The summed E-state index contributed by atoms with van der Waals surface area (Å²) in [6, 6.07) is 10.7. The van der Waals surface area contributed by atoms with Crippen molar-refractivity contribution in [2.45, 2.75) is 56.6 Å². The van der Waals surface area contributed by atoms with Gasteiger partial charge in [-0.1, -0.05) is 0 Å². The molecule has 2 aliphatic rings. The first kappa shape index (κ1) is 27.4. The van der Waals surface area contributed by atoms with Gasteiger partial charge in [0, 0.05) is 43.9 Å². The standard InChI is InChI=1S/C29H36N4O5S/c1-21-17-24(37-3)18-22(2)29(21)39(35,36)33-16-15-31-13-6-8-26(31)27(33)19-38-20-28(34)32-14-5-4-7-25(32)23-9-11-30-12-10-23/h6,8-13,17-18,25,27H,4-5,7,14-16,19-20H2,1-3H3. The summed E-state index contributed by atoms with van der Waals surface area (Å²) >= 11 is 0. The molecule has 10 heteroatoms. The molecular weight excluding hydrogens is 516 g/mol. The monoisotopic (exact) mass is 552 g/mol. The van der Waals surface area contributed by atoms with Crippen LogP contribution in [0.15, 0.2) is 59.9 Å². The smallest absolute Gasteiger partial charge is 0.249 e. The lowest BCUT2D eigenvalue weighted by atomic mass is 9.96. The van der Waals surface area contributed by atoms with Crippen molar-refractivity contribution in [3.8, 4) is 5.75 Å². The summed E-state index contributed by atoms with van der Waals surface area (Å²) in [7, 11) is -2.28. The van der Waals surface area contributed by atoms with Crippen LogP contribution in [0.4, 0.5) is 0 Å². The van der Waals surface area contributed by atoms with E-state index in [1.165, 1.54) is 4.31 Å². The van der Waals surface area contributed by atoms with Crippen LogP contribution in [0.3, 0.4) is 0 Å². The molecule has 2 aromatic heterocycles. The number of aryl methyl sites for hydroxylation is 2. The fraction of sp³-hybridized carbons (Fsp3) is 0.448. The molecule has 1 aromatic carbocycles. The molecule has 2 unspecified atom stereocenters. The Balaban J connectivity index is 1.35. The number of ether oxygens (including phenoxy) is 2. The molecule has 2 aliphatic heterocycles. The zero-order valence-corrected chi connectivity index (χ0v) is 23.6. The van der Waals surface area contributed by atoms with Crippen LogP contribution in [-0.4, -0.2) is 66.5 Å². The number of likely N-dealkylation sites (tertiary alicyclic amines) is 1. The Morgan fingerprint density at radius 1 is 1.05 bits per heavy atom. The van der Waals surface area contributed by atoms with Crippen LogP contribution in [0.25, 0.3) is 0 Å². The van der Waals surface area contributed by atoms with Crippen molar-refractivity contribution in [2.24, 2.45) is 0 Å². The second-order valence-electron chi connectivity index (χ2n) is 10.2. The van der Waals surface area contributed by atoms with E-state index in [2.05, 4.69) is 9.55 Å². The highest BCUT2D eigenvalue weighted by molar-refractivity contribution is 7.89. The number of hydrogen-bond acceptors (Lipinski definition) is 6. The van der Waals surface area contributed by atoms with E-state index in [4.69, 9.17) is 9.47 Å². The molecular formula is C29H36N4O5S. The average molecular weight is 553 g/mol. The van der Waals surface area contributed by atoms with E-state index in [1.807, 2.05) is 35.4 Å². The fourth-order valence-electron chi connectivity index (χ4n) is 5.95. The second-order valence-corrected chi connectivity index (χ2v) is 12.1. The van der Waals surface area contributed by atoms with Gasteiger partial charge in [0.25, 0.3) is 0 Å². The van der Waals surface area contributed by atoms with Gasteiger partial charge in [-0.05, 0) is 86.2 Å². The van der Waals surface area contributed by atoms with Gasteiger partial charge in [0.2, 0.25) is 15.9 Å². The van der Waals surface area contributed by atoms with Crippen molar-refractivity contribution in [2.75, 3.05) is 33.4 Å². The van der Waals surface area contributed by atoms with E-state index in [0.29, 0.717) is 36.5 Å². The summed E-state index contributed by atoms with van der Waals surface area (Å²) in [4.78, 5) is 19.6. The highest BCUT2D eigenvalue weighted by Crippen LogP contribution is 2.36. The van der Waals surface area contributed by atoms with Gasteiger partial charge in [0.1, 0.15) is 12.4 Å². The number of sulfonamides is 1. The van der Waals surface area contributed by atoms with Gasteiger partial charge in [0.15, 0.2) is 0 Å². The third-order valence-corrected chi connectivity index (χ3v) is 9.98. The molecule has 4 heterocycles. The molecule has 1 amide bonds. The van der Waals surface area contributed by atoms with Crippen molar-refractivity contribution >= 4 is 15.9 Å². The maximum absolute atomic E-state index is 14.1. The summed E-state index contributed by atoms with van der Waals surface area (Å²) in [6.07, 6.45) is 8.38. The van der Waals surface area contributed by atoms with Gasteiger partial charge < -0.3 is 18.9 Å². The van der Waals surface area contributed by atoms with E-state index in [9.17, 15) is 13.2 Å². The number of aromatic nitrogens is 2. The van der Waals surface area contributed by atoms with Crippen LogP contribution >= 0.6 is 0 Å². The molecule has 3 aromatic rings. The zero-order valence-electron chi connectivity index (χ0n) is 22.7. The van der Waals surface area contributed by atoms with E-state index < -0.39 is 16.1 Å². The topological polar surface area (TPSA) is 94.0 Å². The maximum Gasteiger partial charge on any atom is 0.249 e. The fourth-order valence-corrected chi connectivity index (χ4v) is 7.95. The number of nitrogens with zero attached hydrogens (tertiary/aromatic N) is 4. The first-order chi connectivity index (χ1) is 18.8. The Morgan fingerprint density at radius 3 is 2.51 bits per heavy atom. The summed E-state index contributed by atoms with van der Waals surface area (Å²) in [5.74, 6) is 0.539. The van der Waals surface area contributed by atoms with Crippen LogP contribution in [0.5, 0.6) is 5.75 Å². The molecule has 9 nitrogen and oxygen atoms in total. The minimum atomic E-state index is -3.85. The average Bonchev–Trinajstić information content (AvgIpc) is 3.42. The summed E-state index contributed by atoms with van der Waals surface area (Å²) in [5.41, 5.74) is 3.20. The molecule has 0 saturated carbocycles. The number of fused-ring (bicyclic) bond motifs is 1. The van der Waals surface area contributed by atoms with Crippen LogP contribution in [0, 0.1) is 13.8 Å². The highest BCUT2D eigenvalue weighted by atomic mass is 32.2. The predicted octanol–water partition coefficient (Wildman–Crippen LogP) is 4.02. The number of hydrogen-bond donors (Lipinski definition) is 0. The largest absolute Gasteiger partial charge is 0.497 e. The molecule has 0 radical (unpaired) electrons. The number of pyridine rings is 1. The van der Waals surface area contributed by atoms with E-state index in [-0.39, 0.29) is 30.1 Å². The Bertz CT molecular complexity index is 1400. The summed E-state index contributed by atoms with van der Waals surface area (Å²) < 4.78 is 43.0. The van der Waals surface area contributed by atoms with Crippen molar-refractivity contribution < 1.29 is 22.7 Å². The lowest BCUT2D eigenvalue weighted by Gasteiger charge is -2.37. The molecule has 39 heavy (non-hydrogen) atoms. The van der Waals surface area contributed by atoms with Gasteiger partial charge in [0.05, 0.1) is 30.7 Å². The minimum absolute atomic E-state index is 0.00246. The summed E-state index contributed by atoms with van der Waals surface area (Å²) in [6.45, 7) is 5.09. The number of amides is 1. The van der Waals surface area contributed by atoms with E-state index in [0.717, 1.165) is 30.5 Å². The lowest BCUT2D eigenvalue weighted by Crippen LogP contribution is -2.45. The molecule has 1 saturated heterocycles. The SMILES string of the molecule is COc1cc(C)c(S(=O)(=O)N2CCn3cccc3C2COCC(=O)N2CCCCC2c2ccncc2)c(C)c1. The maximum atomic E-state index is 14.1. The molecule has 5 rings (SSSR count). The molecule has 0 spiro atoms. The van der Waals surface area contributed by atoms with Crippen LogP contribution < -0.4 is 4.74 Å². The number of carbonyl (C=O) groups is 1. The predicted molar refractivity (Wildman–Crippen MR) is 147 cm³/mol. The molecule has 2 atom stereocenters. The zero-order chi connectivity index (χ0) is 27.6. The Hall–Kier alpha value is -3.21. The number of piperidine rings is 1. The first-order valence-corrected chi connectivity index (χ1v) is 14.8. The third kappa shape index (κ3) is 5.46. The second kappa shape index (κ2) is 11.5. The first-order valence-electron chi connectivity index (χ1n) is 13.4. The minimum Gasteiger partial charge on any atom is -0.497 e. The Morgan fingerprint density at radius 2 is 1.79 bits per heavy atom. The number of carbonyl (C=O) groups excluding carboxylic acids is 1. The normalized spacial score (nSPS) is 20.0. The van der Waals surface area contributed by atoms with Gasteiger partial charge in [-0.25, -0.2) is 8.42 Å². The number of rotatable bonds is 8. The molecule has 0 N–H and O–H groups in total. The third-order valence-electron chi connectivity index (χ3n) is 7.77. The van der Waals surface area contributed by atoms with Gasteiger partial charge >= 0.3 is 0 Å².